The molecule has 94 valence electrons. The number of nitrogens with zero attached hydrogens (tertiary/aromatic N) is 2. The van der Waals surface area contributed by atoms with Gasteiger partial charge in [0.2, 0.25) is 5.91 Å². The Kier molecular flexibility index (Phi) is 4.14. The first-order valence-electron chi connectivity index (χ1n) is 6.24. The van der Waals surface area contributed by atoms with Crippen molar-refractivity contribution in [2.45, 2.75) is 32.4 Å². The van der Waals surface area contributed by atoms with Crippen molar-refractivity contribution in [2.24, 2.45) is 5.92 Å². The minimum absolute atomic E-state index is 0.115. The molecule has 1 aliphatic heterocycles. The Balaban J connectivity index is 1.77. The Morgan fingerprint density at radius 1 is 1.71 bits per heavy atom. The summed E-state index contributed by atoms with van der Waals surface area (Å²) in [6.07, 6.45) is 5.74. The number of carbonyl (C=O) groups excluding carboxylic acids is 1. The second kappa shape index (κ2) is 5.82. The third kappa shape index (κ3) is 3.56. The normalized spacial score (nSPS) is 22.1. The van der Waals surface area contributed by atoms with E-state index < -0.39 is 0 Å². The van der Waals surface area contributed by atoms with E-state index in [-0.39, 0.29) is 17.9 Å². The summed E-state index contributed by atoms with van der Waals surface area (Å²) in [6, 6.07) is 2.00. The van der Waals surface area contributed by atoms with Crippen LogP contribution in [0.3, 0.4) is 0 Å². The summed E-state index contributed by atoms with van der Waals surface area (Å²) in [4.78, 5) is 12.0. The monoisotopic (exact) mass is 236 g/mol. The predicted molar refractivity (Wildman–Crippen MR) is 65.4 cm³/mol. The summed E-state index contributed by atoms with van der Waals surface area (Å²) in [6.45, 7) is 4.57. The van der Waals surface area contributed by atoms with Crippen molar-refractivity contribution in [3.05, 3.63) is 18.5 Å². The van der Waals surface area contributed by atoms with Crippen LogP contribution < -0.4 is 10.6 Å². The molecule has 5 heteroatoms. The first kappa shape index (κ1) is 12.1. The Morgan fingerprint density at radius 3 is 3.24 bits per heavy atom. The van der Waals surface area contributed by atoms with Crippen LogP contribution in [0.2, 0.25) is 0 Å². The smallest absolute Gasteiger partial charge is 0.224 e. The van der Waals surface area contributed by atoms with Gasteiger partial charge in [-0.3, -0.25) is 9.48 Å². The van der Waals surface area contributed by atoms with Crippen LogP contribution in [0.4, 0.5) is 0 Å². The third-order valence-corrected chi connectivity index (χ3v) is 3.08. The number of piperidine rings is 1. The lowest BCUT2D eigenvalue weighted by Gasteiger charge is -2.24. The molecule has 0 aromatic carbocycles. The molecule has 1 fully saturated rings. The number of carbonyl (C=O) groups is 1. The van der Waals surface area contributed by atoms with Crippen LogP contribution in [0, 0.1) is 5.92 Å². The van der Waals surface area contributed by atoms with Crippen molar-refractivity contribution in [2.75, 3.05) is 13.1 Å². The van der Waals surface area contributed by atoms with Crippen molar-refractivity contribution in [1.29, 1.82) is 0 Å². The van der Waals surface area contributed by atoms with Crippen molar-refractivity contribution < 1.29 is 4.79 Å². The van der Waals surface area contributed by atoms with E-state index in [4.69, 9.17) is 0 Å². The second-order valence-corrected chi connectivity index (χ2v) is 4.68. The molecule has 0 radical (unpaired) electrons. The zero-order chi connectivity index (χ0) is 12.1. The molecule has 0 bridgehead atoms. The summed E-state index contributed by atoms with van der Waals surface area (Å²) in [5.41, 5.74) is 0. The molecule has 1 aromatic rings. The van der Waals surface area contributed by atoms with E-state index in [9.17, 15) is 4.79 Å². The van der Waals surface area contributed by atoms with Gasteiger partial charge < -0.3 is 10.6 Å². The molecular formula is C12H20N4O. The Morgan fingerprint density at radius 2 is 2.59 bits per heavy atom. The minimum atomic E-state index is 0.115. The predicted octanol–water partition coefficient (Wildman–Crippen LogP) is 0.387. The molecule has 2 N–H and O–H groups in total. The van der Waals surface area contributed by atoms with E-state index >= 15 is 0 Å². The first-order chi connectivity index (χ1) is 8.25. The minimum Gasteiger partial charge on any atom is -0.352 e. The van der Waals surface area contributed by atoms with Crippen LogP contribution in [0.1, 0.15) is 19.8 Å². The molecule has 17 heavy (non-hydrogen) atoms. The number of hydrogen-bond acceptors (Lipinski definition) is 3. The highest BCUT2D eigenvalue weighted by atomic mass is 16.2. The fraction of sp³-hybridized carbons (Fsp3) is 0.667. The first-order valence-corrected chi connectivity index (χ1v) is 6.24. The van der Waals surface area contributed by atoms with Crippen molar-refractivity contribution in [3.8, 4) is 0 Å². The fourth-order valence-electron chi connectivity index (χ4n) is 2.17. The number of aromatic nitrogens is 2. The highest BCUT2D eigenvalue weighted by molar-refractivity contribution is 5.79. The van der Waals surface area contributed by atoms with Gasteiger partial charge >= 0.3 is 0 Å². The van der Waals surface area contributed by atoms with Crippen molar-refractivity contribution in [1.82, 2.24) is 20.4 Å². The molecule has 1 unspecified atom stereocenters. The van der Waals surface area contributed by atoms with Crippen LogP contribution in [0.25, 0.3) is 0 Å². The highest BCUT2D eigenvalue weighted by Crippen LogP contribution is 2.10. The zero-order valence-corrected chi connectivity index (χ0v) is 10.2. The van der Waals surface area contributed by atoms with Crippen LogP contribution >= 0.6 is 0 Å². The lowest BCUT2D eigenvalue weighted by Crippen LogP contribution is -2.44. The van der Waals surface area contributed by atoms with Gasteiger partial charge in [0.05, 0.1) is 12.5 Å². The summed E-state index contributed by atoms with van der Waals surface area (Å²) >= 11 is 0. The van der Waals surface area contributed by atoms with Crippen molar-refractivity contribution in [3.63, 3.8) is 0 Å². The Labute approximate surface area is 102 Å². The zero-order valence-electron chi connectivity index (χ0n) is 10.2. The molecule has 0 saturated carbocycles. The number of nitrogens with one attached hydrogen (secondary N) is 2. The van der Waals surface area contributed by atoms with E-state index in [1.54, 1.807) is 6.20 Å². The van der Waals surface area contributed by atoms with Gasteiger partial charge in [-0.15, -0.1) is 0 Å². The molecule has 5 nitrogen and oxygen atoms in total. The van der Waals surface area contributed by atoms with E-state index in [0.29, 0.717) is 0 Å². The van der Waals surface area contributed by atoms with Gasteiger partial charge in [0.1, 0.15) is 0 Å². The number of hydrogen-bond donors (Lipinski definition) is 2. The number of amides is 1. The van der Waals surface area contributed by atoms with Gasteiger partial charge in [-0.2, -0.15) is 5.10 Å². The quantitative estimate of drug-likeness (QED) is 0.795. The lowest BCUT2D eigenvalue weighted by molar-refractivity contribution is -0.126. The number of rotatable bonds is 4. The van der Waals surface area contributed by atoms with Gasteiger partial charge in [0, 0.05) is 25.0 Å². The van der Waals surface area contributed by atoms with Gasteiger partial charge in [0.25, 0.3) is 0 Å². The molecule has 1 saturated heterocycles. The van der Waals surface area contributed by atoms with E-state index in [2.05, 4.69) is 15.7 Å². The summed E-state index contributed by atoms with van der Waals surface area (Å²) in [5.74, 6) is 0.292. The molecule has 2 heterocycles. The van der Waals surface area contributed by atoms with Crippen LogP contribution in [0.5, 0.6) is 0 Å². The molecule has 2 atom stereocenters. The molecule has 2 rings (SSSR count). The molecular weight excluding hydrogens is 216 g/mol. The topological polar surface area (TPSA) is 59.0 Å². The summed E-state index contributed by atoms with van der Waals surface area (Å²) < 4.78 is 1.84. The highest BCUT2D eigenvalue weighted by Gasteiger charge is 2.21. The van der Waals surface area contributed by atoms with Gasteiger partial charge in [-0.05, 0) is 32.4 Å². The lowest BCUT2D eigenvalue weighted by atomic mass is 9.98. The van der Waals surface area contributed by atoms with Gasteiger partial charge in [-0.25, -0.2) is 0 Å². The average Bonchev–Trinajstić information content (AvgIpc) is 2.82. The summed E-state index contributed by atoms with van der Waals surface area (Å²) in [5, 5.41) is 10.4. The molecule has 0 spiro atoms. The third-order valence-electron chi connectivity index (χ3n) is 3.08. The maximum Gasteiger partial charge on any atom is 0.224 e. The van der Waals surface area contributed by atoms with Crippen LogP contribution in [-0.2, 0) is 11.3 Å². The SMILES string of the molecule is CC(Cn1cccn1)NC(=O)[C@H]1CCCNC1. The maximum atomic E-state index is 12.0. The van der Waals surface area contributed by atoms with Gasteiger partial charge in [0.15, 0.2) is 0 Å². The molecule has 1 amide bonds. The average molecular weight is 236 g/mol. The summed E-state index contributed by atoms with van der Waals surface area (Å²) in [7, 11) is 0. The van der Waals surface area contributed by atoms with E-state index in [1.807, 2.05) is 23.9 Å². The van der Waals surface area contributed by atoms with Crippen LogP contribution in [-0.4, -0.2) is 34.8 Å². The van der Waals surface area contributed by atoms with Gasteiger partial charge in [-0.1, -0.05) is 0 Å². The molecule has 0 aliphatic carbocycles. The molecule has 1 aliphatic rings. The standard InChI is InChI=1S/C12H20N4O/c1-10(9-16-7-3-6-14-16)15-12(17)11-4-2-5-13-8-11/h3,6-7,10-11,13H,2,4-5,8-9H2,1H3,(H,15,17)/t10?,11-/m0/s1. The maximum absolute atomic E-state index is 12.0. The molecule has 1 aromatic heterocycles. The largest absolute Gasteiger partial charge is 0.352 e. The Bertz CT molecular complexity index is 343. The van der Waals surface area contributed by atoms with Crippen LogP contribution in [0.15, 0.2) is 18.5 Å². The van der Waals surface area contributed by atoms with E-state index in [0.717, 1.165) is 32.5 Å². The fourth-order valence-corrected chi connectivity index (χ4v) is 2.17. The van der Waals surface area contributed by atoms with E-state index in [1.165, 1.54) is 0 Å². The second-order valence-electron chi connectivity index (χ2n) is 4.68. The Hall–Kier alpha value is -1.36. The van der Waals surface area contributed by atoms with Crippen molar-refractivity contribution >= 4 is 5.91 Å².